The molecule has 4 aliphatic rings. The smallest absolute Gasteiger partial charge is 0.261 e. The predicted molar refractivity (Wildman–Crippen MR) is 94.9 cm³/mol. The molecule has 3 nitrogen and oxygen atoms in total. The lowest BCUT2D eigenvalue weighted by molar-refractivity contribution is -0.134. The molecule has 0 saturated heterocycles. The van der Waals surface area contributed by atoms with Crippen molar-refractivity contribution in [2.24, 2.45) is 17.8 Å². The van der Waals surface area contributed by atoms with Gasteiger partial charge in [0, 0.05) is 5.54 Å². The predicted octanol–water partition coefficient (Wildman–Crippen LogP) is 4.24. The number of ether oxygens (including phenoxy) is 1. The lowest BCUT2D eigenvalue weighted by Crippen LogP contribution is -2.61. The Labute approximate surface area is 145 Å². The molecule has 1 atom stereocenters. The molecule has 0 spiro atoms. The van der Waals surface area contributed by atoms with E-state index in [1.807, 2.05) is 31.2 Å². The fourth-order valence-corrected chi connectivity index (χ4v) is 5.71. The van der Waals surface area contributed by atoms with Crippen LogP contribution >= 0.6 is 0 Å². The number of aryl methyl sites for hydroxylation is 1. The Morgan fingerprint density at radius 3 is 2.17 bits per heavy atom. The Balaban J connectivity index is 1.43. The number of rotatable bonds is 5. The molecule has 0 unspecified atom stereocenters. The zero-order valence-electron chi connectivity index (χ0n) is 14.9. The monoisotopic (exact) mass is 327 g/mol. The van der Waals surface area contributed by atoms with Gasteiger partial charge in [-0.25, -0.2) is 0 Å². The minimum absolute atomic E-state index is 0.0654. The van der Waals surface area contributed by atoms with Crippen LogP contribution in [0.1, 0.15) is 57.4 Å². The van der Waals surface area contributed by atoms with Crippen molar-refractivity contribution in [3.8, 4) is 5.75 Å². The van der Waals surface area contributed by atoms with Gasteiger partial charge in [-0.1, -0.05) is 24.6 Å². The molecule has 0 radical (unpaired) electrons. The van der Waals surface area contributed by atoms with Crippen LogP contribution in [0.3, 0.4) is 0 Å². The number of carbonyl (C=O) groups is 1. The summed E-state index contributed by atoms with van der Waals surface area (Å²) in [5.41, 5.74) is 1.27. The minimum Gasteiger partial charge on any atom is -0.481 e. The summed E-state index contributed by atoms with van der Waals surface area (Å²) in [4.78, 5) is 12.9. The fraction of sp³-hybridized carbons (Fsp3) is 0.667. The highest BCUT2D eigenvalue weighted by molar-refractivity contribution is 5.82. The van der Waals surface area contributed by atoms with Crippen LogP contribution in [0.15, 0.2) is 24.3 Å². The van der Waals surface area contributed by atoms with Gasteiger partial charge in [-0.15, -0.1) is 0 Å². The van der Waals surface area contributed by atoms with Crippen LogP contribution < -0.4 is 10.1 Å². The van der Waals surface area contributed by atoms with Gasteiger partial charge in [-0.3, -0.25) is 4.79 Å². The van der Waals surface area contributed by atoms with Crippen LogP contribution in [0, 0.1) is 24.7 Å². The maximum Gasteiger partial charge on any atom is 0.261 e. The average molecular weight is 327 g/mol. The summed E-state index contributed by atoms with van der Waals surface area (Å²) >= 11 is 0. The molecule has 5 rings (SSSR count). The molecule has 24 heavy (non-hydrogen) atoms. The summed E-state index contributed by atoms with van der Waals surface area (Å²) in [6.07, 6.45) is 8.06. The third-order valence-electron chi connectivity index (χ3n) is 6.39. The molecule has 4 bridgehead atoms. The zero-order valence-corrected chi connectivity index (χ0v) is 14.9. The second-order valence-corrected chi connectivity index (χ2v) is 8.51. The van der Waals surface area contributed by atoms with E-state index in [9.17, 15) is 4.79 Å². The Morgan fingerprint density at radius 2 is 1.67 bits per heavy atom. The van der Waals surface area contributed by atoms with E-state index in [0.717, 1.165) is 23.5 Å². The largest absolute Gasteiger partial charge is 0.481 e. The van der Waals surface area contributed by atoms with Gasteiger partial charge in [0.1, 0.15) is 5.75 Å². The zero-order chi connectivity index (χ0) is 16.7. The van der Waals surface area contributed by atoms with Crippen LogP contribution in [-0.2, 0) is 4.79 Å². The average Bonchev–Trinajstić information content (AvgIpc) is 2.52. The third kappa shape index (κ3) is 3.05. The topological polar surface area (TPSA) is 38.3 Å². The van der Waals surface area contributed by atoms with Crippen LogP contribution in [-0.4, -0.2) is 17.6 Å². The quantitative estimate of drug-likeness (QED) is 0.878. The van der Waals surface area contributed by atoms with Crippen LogP contribution in [0.2, 0.25) is 0 Å². The summed E-state index contributed by atoms with van der Waals surface area (Å²) in [6.45, 7) is 4.08. The van der Waals surface area contributed by atoms with Gasteiger partial charge in [0.05, 0.1) is 0 Å². The van der Waals surface area contributed by atoms with E-state index in [-0.39, 0.29) is 17.6 Å². The van der Waals surface area contributed by atoms with Crippen molar-refractivity contribution in [3.63, 3.8) is 0 Å². The van der Waals surface area contributed by atoms with Crippen molar-refractivity contribution in [3.05, 3.63) is 29.8 Å². The van der Waals surface area contributed by atoms with Crippen molar-refractivity contribution in [1.29, 1.82) is 0 Å². The second kappa shape index (κ2) is 6.09. The molecule has 4 aliphatic carbocycles. The lowest BCUT2D eigenvalue weighted by Gasteiger charge is -2.57. The van der Waals surface area contributed by atoms with E-state index >= 15 is 0 Å². The molecule has 0 aliphatic heterocycles. The van der Waals surface area contributed by atoms with Crippen molar-refractivity contribution in [1.82, 2.24) is 5.32 Å². The molecule has 1 amide bonds. The number of hydrogen-bond acceptors (Lipinski definition) is 2. The molecule has 4 fully saturated rings. The summed E-state index contributed by atoms with van der Waals surface area (Å²) in [5, 5.41) is 3.44. The molecule has 1 N–H and O–H groups in total. The molecule has 1 aromatic carbocycles. The maximum absolute atomic E-state index is 12.9. The molecule has 130 valence electrons. The summed E-state index contributed by atoms with van der Waals surface area (Å²) in [6, 6.07) is 7.96. The first kappa shape index (κ1) is 16.0. The molecule has 4 saturated carbocycles. The minimum atomic E-state index is -0.388. The van der Waals surface area contributed by atoms with Crippen molar-refractivity contribution in [2.45, 2.75) is 70.4 Å². The molecule has 0 aromatic heterocycles. The van der Waals surface area contributed by atoms with Crippen LogP contribution in [0.4, 0.5) is 0 Å². The van der Waals surface area contributed by atoms with Crippen molar-refractivity contribution >= 4 is 5.91 Å². The van der Waals surface area contributed by atoms with Gasteiger partial charge >= 0.3 is 0 Å². The Bertz CT molecular complexity index is 571. The first-order chi connectivity index (χ1) is 11.5. The van der Waals surface area contributed by atoms with E-state index in [0.29, 0.717) is 6.42 Å². The normalized spacial score (nSPS) is 34.8. The Hall–Kier alpha value is -1.51. The molecular formula is C21H29NO2. The van der Waals surface area contributed by atoms with Crippen LogP contribution in [0.25, 0.3) is 0 Å². The van der Waals surface area contributed by atoms with E-state index in [4.69, 9.17) is 4.74 Å². The molecule has 0 heterocycles. The van der Waals surface area contributed by atoms with Gasteiger partial charge in [0.2, 0.25) is 0 Å². The number of hydrogen-bond donors (Lipinski definition) is 1. The lowest BCUT2D eigenvalue weighted by atomic mass is 9.53. The first-order valence-electron chi connectivity index (χ1n) is 9.60. The van der Waals surface area contributed by atoms with E-state index in [1.54, 1.807) is 0 Å². The van der Waals surface area contributed by atoms with Gasteiger partial charge in [-0.05, 0) is 81.8 Å². The first-order valence-corrected chi connectivity index (χ1v) is 9.60. The van der Waals surface area contributed by atoms with Gasteiger partial charge in [0.15, 0.2) is 6.10 Å². The standard InChI is InChI=1S/C21H29NO2/c1-3-19(24-18-6-4-14(2)5-7-18)20(23)22-21-11-15-8-16(12-21)10-17(9-15)13-21/h4-7,15-17,19H,3,8-13H2,1-2H3,(H,22,23)/t15?,16?,17?,19-,21?/m0/s1. The summed E-state index contributed by atoms with van der Waals surface area (Å²) in [7, 11) is 0. The van der Waals surface area contributed by atoms with E-state index in [1.165, 1.54) is 44.1 Å². The fourth-order valence-electron chi connectivity index (χ4n) is 5.71. The number of amides is 1. The molecule has 3 heteroatoms. The van der Waals surface area contributed by atoms with Crippen molar-refractivity contribution < 1.29 is 9.53 Å². The Morgan fingerprint density at radius 1 is 1.12 bits per heavy atom. The van der Waals surface area contributed by atoms with E-state index in [2.05, 4.69) is 12.2 Å². The third-order valence-corrected chi connectivity index (χ3v) is 6.39. The Kier molecular flexibility index (Phi) is 4.06. The molecular weight excluding hydrogens is 298 g/mol. The highest BCUT2D eigenvalue weighted by atomic mass is 16.5. The van der Waals surface area contributed by atoms with Gasteiger partial charge in [0.25, 0.3) is 5.91 Å². The summed E-state index contributed by atoms with van der Waals surface area (Å²) in [5.74, 6) is 3.40. The van der Waals surface area contributed by atoms with Gasteiger partial charge in [-0.2, -0.15) is 0 Å². The number of benzene rings is 1. The van der Waals surface area contributed by atoms with Crippen molar-refractivity contribution in [2.75, 3.05) is 0 Å². The highest BCUT2D eigenvalue weighted by Crippen LogP contribution is 2.55. The van der Waals surface area contributed by atoms with Crippen LogP contribution in [0.5, 0.6) is 5.75 Å². The maximum atomic E-state index is 12.9. The van der Waals surface area contributed by atoms with Gasteiger partial charge < -0.3 is 10.1 Å². The number of carbonyl (C=O) groups excluding carboxylic acids is 1. The summed E-state index contributed by atoms with van der Waals surface area (Å²) < 4.78 is 5.98. The molecule has 1 aromatic rings. The highest BCUT2D eigenvalue weighted by Gasteiger charge is 2.51. The second-order valence-electron chi connectivity index (χ2n) is 8.51. The number of nitrogens with one attached hydrogen (secondary N) is 1. The van der Waals surface area contributed by atoms with E-state index < -0.39 is 0 Å². The SMILES string of the molecule is CC[C@H](Oc1ccc(C)cc1)C(=O)NC12CC3CC(CC(C3)C1)C2.